The number of alkyl halides is 3. The van der Waals surface area contributed by atoms with Crippen LogP contribution in [0.3, 0.4) is 0 Å². The molecule has 2 N–H and O–H groups in total. The van der Waals surface area contributed by atoms with Crippen LogP contribution in [0.2, 0.25) is 0 Å². The zero-order chi connectivity index (χ0) is 17.3. The summed E-state index contributed by atoms with van der Waals surface area (Å²) in [4.78, 5) is 4.76. The second kappa shape index (κ2) is 6.07. The normalized spacial score (nSPS) is 15.0. The number of fused-ring (bicyclic) bond motifs is 1. The van der Waals surface area contributed by atoms with E-state index in [1.807, 2.05) is 12.1 Å². The number of halogens is 3. The maximum Gasteiger partial charge on any atom is 0.449 e. The molecule has 0 radical (unpaired) electrons. The van der Waals surface area contributed by atoms with Gasteiger partial charge in [-0.1, -0.05) is 12.1 Å². The minimum absolute atomic E-state index is 0.204. The zero-order valence-corrected chi connectivity index (χ0v) is 12.7. The molecule has 0 saturated carbocycles. The van der Waals surface area contributed by atoms with Crippen LogP contribution in [0.15, 0.2) is 42.7 Å². The van der Waals surface area contributed by atoms with Gasteiger partial charge in [0.1, 0.15) is 5.84 Å². The number of nitrogens with one attached hydrogen (secondary N) is 2. The predicted octanol–water partition coefficient (Wildman–Crippen LogP) is 4.41. The van der Waals surface area contributed by atoms with E-state index in [2.05, 4.69) is 4.98 Å². The molecule has 0 atom stereocenters. The molecule has 0 bridgehead atoms. The van der Waals surface area contributed by atoms with Gasteiger partial charge >= 0.3 is 6.18 Å². The first-order valence-electron chi connectivity index (χ1n) is 7.44. The maximum absolute atomic E-state index is 13.0. The second-order valence-corrected chi connectivity index (χ2v) is 5.57. The van der Waals surface area contributed by atoms with Crippen molar-refractivity contribution in [1.82, 2.24) is 4.98 Å². The number of rotatable bonds is 1. The molecule has 0 fully saturated rings. The summed E-state index contributed by atoms with van der Waals surface area (Å²) in [6.45, 7) is 0. The van der Waals surface area contributed by atoms with Gasteiger partial charge in [0, 0.05) is 18.8 Å². The standard InChI is InChI=1S/C17H15F3N4/c18-17(19,20)16(22)24-14-7-6-11(13-4-2-8-23-10-13)9-12(14)3-1-5-15(24)21/h2,4,6-10,21-22H,1,3,5H2. The number of aryl methyl sites for hydroxylation is 1. The van der Waals surface area contributed by atoms with E-state index in [1.54, 1.807) is 30.6 Å². The number of hydrogen-bond acceptors (Lipinski definition) is 3. The molecule has 4 nitrogen and oxygen atoms in total. The highest BCUT2D eigenvalue weighted by Crippen LogP contribution is 2.34. The average molecular weight is 332 g/mol. The predicted molar refractivity (Wildman–Crippen MR) is 86.6 cm³/mol. The molecule has 0 unspecified atom stereocenters. The van der Waals surface area contributed by atoms with Crippen molar-refractivity contribution in [1.29, 1.82) is 10.8 Å². The van der Waals surface area contributed by atoms with Gasteiger partial charge in [0.15, 0.2) is 0 Å². The third-order valence-corrected chi connectivity index (χ3v) is 3.94. The fraction of sp³-hybridized carbons (Fsp3) is 0.235. The van der Waals surface area contributed by atoms with Crippen LogP contribution in [0.25, 0.3) is 11.1 Å². The van der Waals surface area contributed by atoms with Crippen LogP contribution in [0.1, 0.15) is 18.4 Å². The molecule has 0 amide bonds. The number of hydrogen-bond donors (Lipinski definition) is 2. The molecule has 1 aliphatic rings. The average Bonchev–Trinajstić information content (AvgIpc) is 2.71. The number of nitrogens with zero attached hydrogens (tertiary/aromatic N) is 2. The quantitative estimate of drug-likeness (QED) is 0.600. The lowest BCUT2D eigenvalue weighted by Crippen LogP contribution is -2.44. The fourth-order valence-corrected chi connectivity index (χ4v) is 2.80. The molecule has 1 aromatic heterocycles. The highest BCUT2D eigenvalue weighted by molar-refractivity contribution is 6.19. The second-order valence-electron chi connectivity index (χ2n) is 5.57. The van der Waals surface area contributed by atoms with Gasteiger partial charge in [-0.05, 0) is 47.7 Å². The van der Waals surface area contributed by atoms with Crippen molar-refractivity contribution in [3.8, 4) is 11.1 Å². The molecule has 2 aromatic rings. The molecular weight excluding hydrogens is 317 g/mol. The van der Waals surface area contributed by atoms with E-state index in [9.17, 15) is 13.2 Å². The highest BCUT2D eigenvalue weighted by Gasteiger charge is 2.41. The maximum atomic E-state index is 13.0. The number of pyridine rings is 1. The summed E-state index contributed by atoms with van der Waals surface area (Å²) in [5.41, 5.74) is 2.69. The van der Waals surface area contributed by atoms with E-state index in [0.717, 1.165) is 11.1 Å². The monoisotopic (exact) mass is 332 g/mol. The summed E-state index contributed by atoms with van der Waals surface area (Å²) in [6.07, 6.45) is -0.112. The van der Waals surface area contributed by atoms with Crippen molar-refractivity contribution in [3.05, 3.63) is 48.3 Å². The topological polar surface area (TPSA) is 63.8 Å². The zero-order valence-electron chi connectivity index (χ0n) is 12.7. The van der Waals surface area contributed by atoms with Gasteiger partial charge in [-0.25, -0.2) is 0 Å². The summed E-state index contributed by atoms with van der Waals surface area (Å²) >= 11 is 0. The minimum Gasteiger partial charge on any atom is -0.288 e. The number of anilines is 1. The largest absolute Gasteiger partial charge is 0.449 e. The lowest BCUT2D eigenvalue weighted by Gasteiger charge is -2.27. The molecule has 0 spiro atoms. The van der Waals surface area contributed by atoms with E-state index in [1.165, 1.54) is 0 Å². The van der Waals surface area contributed by atoms with Gasteiger partial charge in [-0.3, -0.25) is 20.7 Å². The van der Waals surface area contributed by atoms with Crippen LogP contribution in [0.4, 0.5) is 18.9 Å². The number of benzene rings is 1. The summed E-state index contributed by atoms with van der Waals surface area (Å²) < 4.78 is 39.0. The Morgan fingerprint density at radius 2 is 1.92 bits per heavy atom. The Labute approximate surface area is 137 Å². The van der Waals surface area contributed by atoms with Crippen molar-refractivity contribution in [2.75, 3.05) is 4.90 Å². The van der Waals surface area contributed by atoms with E-state index in [-0.39, 0.29) is 17.9 Å². The smallest absolute Gasteiger partial charge is 0.288 e. The van der Waals surface area contributed by atoms with Gasteiger partial charge in [0.05, 0.1) is 5.69 Å². The first kappa shape index (κ1) is 16.2. The van der Waals surface area contributed by atoms with E-state index in [4.69, 9.17) is 10.8 Å². The van der Waals surface area contributed by atoms with Crippen molar-refractivity contribution >= 4 is 17.4 Å². The summed E-state index contributed by atoms with van der Waals surface area (Å²) in [6, 6.07) is 8.75. The summed E-state index contributed by atoms with van der Waals surface area (Å²) in [5, 5.41) is 15.4. The third-order valence-electron chi connectivity index (χ3n) is 3.94. The molecule has 0 aliphatic carbocycles. The molecule has 1 aromatic carbocycles. The van der Waals surface area contributed by atoms with Crippen LogP contribution >= 0.6 is 0 Å². The van der Waals surface area contributed by atoms with Gasteiger partial charge in [-0.2, -0.15) is 13.2 Å². The summed E-state index contributed by atoms with van der Waals surface area (Å²) in [5.74, 6) is -1.73. The van der Waals surface area contributed by atoms with Crippen molar-refractivity contribution in [2.24, 2.45) is 0 Å². The molecule has 0 saturated heterocycles. The molecule has 7 heteroatoms. The Morgan fingerprint density at radius 3 is 2.58 bits per heavy atom. The van der Waals surface area contributed by atoms with Crippen LogP contribution in [-0.4, -0.2) is 22.8 Å². The minimum atomic E-state index is -4.80. The first-order valence-corrected chi connectivity index (χ1v) is 7.44. The van der Waals surface area contributed by atoms with Crippen molar-refractivity contribution in [2.45, 2.75) is 25.4 Å². The van der Waals surface area contributed by atoms with E-state index in [0.29, 0.717) is 23.3 Å². The fourth-order valence-electron chi connectivity index (χ4n) is 2.80. The molecule has 24 heavy (non-hydrogen) atoms. The van der Waals surface area contributed by atoms with Crippen LogP contribution < -0.4 is 4.90 Å². The Bertz CT molecular complexity index is 784. The molecular formula is C17H15F3N4. The van der Waals surface area contributed by atoms with Gasteiger partial charge < -0.3 is 0 Å². The van der Waals surface area contributed by atoms with E-state index >= 15 is 0 Å². The molecule has 124 valence electrons. The molecule has 3 rings (SSSR count). The van der Waals surface area contributed by atoms with Crippen LogP contribution in [0, 0.1) is 10.8 Å². The Kier molecular flexibility index (Phi) is 4.09. The Hall–Kier alpha value is -2.70. The SMILES string of the molecule is N=C1CCCc2cc(-c3cccnc3)ccc2N1C(=N)C(F)(F)F. The highest BCUT2D eigenvalue weighted by atomic mass is 19.4. The number of aromatic nitrogens is 1. The van der Waals surface area contributed by atoms with Crippen LogP contribution in [0.5, 0.6) is 0 Å². The Balaban J connectivity index is 2.07. The first-order chi connectivity index (χ1) is 11.4. The van der Waals surface area contributed by atoms with Gasteiger partial charge in [0.2, 0.25) is 5.84 Å². The number of amidine groups is 2. The lowest BCUT2D eigenvalue weighted by molar-refractivity contribution is -0.0604. The van der Waals surface area contributed by atoms with Crippen molar-refractivity contribution in [3.63, 3.8) is 0 Å². The van der Waals surface area contributed by atoms with Crippen LogP contribution in [-0.2, 0) is 6.42 Å². The van der Waals surface area contributed by atoms with Gasteiger partial charge in [0.25, 0.3) is 0 Å². The lowest BCUT2D eigenvalue weighted by atomic mass is 10.0. The van der Waals surface area contributed by atoms with Gasteiger partial charge in [-0.15, -0.1) is 0 Å². The molecule has 2 heterocycles. The Morgan fingerprint density at radius 1 is 1.12 bits per heavy atom. The molecule has 1 aliphatic heterocycles. The van der Waals surface area contributed by atoms with Crippen molar-refractivity contribution < 1.29 is 13.2 Å². The van der Waals surface area contributed by atoms with E-state index < -0.39 is 12.0 Å². The third kappa shape index (κ3) is 3.02. The summed E-state index contributed by atoms with van der Waals surface area (Å²) in [7, 11) is 0.